The summed E-state index contributed by atoms with van der Waals surface area (Å²) in [5.74, 6) is 1.86. The zero-order valence-corrected chi connectivity index (χ0v) is 14.0. The summed E-state index contributed by atoms with van der Waals surface area (Å²) in [6, 6.07) is 0. The molecule has 0 radical (unpaired) electrons. The lowest BCUT2D eigenvalue weighted by atomic mass is 10.2. The van der Waals surface area contributed by atoms with Crippen molar-refractivity contribution in [2.75, 3.05) is 26.0 Å². The van der Waals surface area contributed by atoms with Crippen LogP contribution in [-0.4, -0.2) is 35.4 Å². The Labute approximate surface area is 128 Å². The van der Waals surface area contributed by atoms with Gasteiger partial charge in [0.25, 0.3) is 0 Å². The quantitative estimate of drug-likeness (QED) is 0.569. The SMILES string of the molecule is CCC(C)CSc1nc2sccn2c1CNCCOC. The minimum absolute atomic E-state index is 0.731. The largest absolute Gasteiger partial charge is 0.383 e. The molecular weight excluding hydrogens is 290 g/mol. The van der Waals surface area contributed by atoms with Crippen molar-refractivity contribution in [1.29, 1.82) is 0 Å². The van der Waals surface area contributed by atoms with Crippen molar-refractivity contribution in [2.45, 2.75) is 31.8 Å². The first-order chi connectivity index (χ1) is 9.76. The molecular formula is C14H23N3OS2. The number of thioether (sulfide) groups is 1. The van der Waals surface area contributed by atoms with Crippen LogP contribution in [0.1, 0.15) is 26.0 Å². The molecule has 0 spiro atoms. The third kappa shape index (κ3) is 3.97. The van der Waals surface area contributed by atoms with E-state index < -0.39 is 0 Å². The van der Waals surface area contributed by atoms with Crippen molar-refractivity contribution in [3.05, 3.63) is 17.3 Å². The van der Waals surface area contributed by atoms with E-state index in [-0.39, 0.29) is 0 Å². The van der Waals surface area contributed by atoms with E-state index in [1.807, 2.05) is 11.8 Å². The Morgan fingerprint density at radius 3 is 3.15 bits per heavy atom. The fourth-order valence-electron chi connectivity index (χ4n) is 1.81. The Balaban J connectivity index is 2.05. The molecule has 1 N–H and O–H groups in total. The molecule has 6 heteroatoms. The van der Waals surface area contributed by atoms with Gasteiger partial charge in [-0.25, -0.2) is 4.98 Å². The summed E-state index contributed by atoms with van der Waals surface area (Å²) < 4.78 is 7.27. The number of rotatable bonds is 9. The molecule has 2 aromatic heterocycles. The number of thiazole rings is 1. The van der Waals surface area contributed by atoms with E-state index >= 15 is 0 Å². The molecule has 4 nitrogen and oxygen atoms in total. The van der Waals surface area contributed by atoms with E-state index in [2.05, 4.69) is 35.1 Å². The molecule has 112 valence electrons. The van der Waals surface area contributed by atoms with Crippen LogP contribution in [-0.2, 0) is 11.3 Å². The molecule has 2 aromatic rings. The number of nitrogens with one attached hydrogen (secondary N) is 1. The Kier molecular flexibility index (Phi) is 6.35. The van der Waals surface area contributed by atoms with Crippen LogP contribution >= 0.6 is 23.1 Å². The van der Waals surface area contributed by atoms with Crippen LogP contribution in [0.3, 0.4) is 0 Å². The second-order valence-electron chi connectivity index (χ2n) is 4.91. The molecule has 0 bridgehead atoms. The molecule has 0 aliphatic rings. The van der Waals surface area contributed by atoms with Crippen LogP contribution in [0, 0.1) is 5.92 Å². The van der Waals surface area contributed by atoms with Gasteiger partial charge in [0.15, 0.2) is 4.96 Å². The van der Waals surface area contributed by atoms with Crippen LogP contribution in [0.5, 0.6) is 0 Å². The van der Waals surface area contributed by atoms with Gasteiger partial charge in [-0.15, -0.1) is 23.1 Å². The molecule has 0 aromatic carbocycles. The number of ether oxygens (including phenoxy) is 1. The number of methoxy groups -OCH3 is 1. The fourth-order valence-corrected chi connectivity index (χ4v) is 3.77. The van der Waals surface area contributed by atoms with Crippen LogP contribution in [0.2, 0.25) is 0 Å². The molecule has 0 fully saturated rings. The molecule has 20 heavy (non-hydrogen) atoms. The standard InChI is InChI=1S/C14H23N3OS2/c1-4-11(2)10-20-13-12(9-15-5-7-18-3)17-6-8-19-14(17)16-13/h6,8,11,15H,4-5,7,9-10H2,1-3H3. The van der Waals surface area contributed by atoms with Crippen molar-refractivity contribution < 1.29 is 4.74 Å². The second kappa shape index (κ2) is 8.02. The van der Waals surface area contributed by atoms with E-state index in [4.69, 9.17) is 9.72 Å². The molecule has 0 amide bonds. The minimum Gasteiger partial charge on any atom is -0.383 e. The number of hydrogen-bond donors (Lipinski definition) is 1. The summed E-state index contributed by atoms with van der Waals surface area (Å²) >= 11 is 3.57. The van der Waals surface area contributed by atoms with Crippen LogP contribution in [0.15, 0.2) is 16.6 Å². The Bertz CT molecular complexity index is 523. The smallest absolute Gasteiger partial charge is 0.194 e. The van der Waals surface area contributed by atoms with E-state index in [0.717, 1.165) is 36.3 Å². The molecule has 0 saturated heterocycles. The number of aromatic nitrogens is 2. The van der Waals surface area contributed by atoms with Gasteiger partial charge in [0.1, 0.15) is 5.03 Å². The lowest BCUT2D eigenvalue weighted by Gasteiger charge is -2.08. The first-order valence-corrected chi connectivity index (χ1v) is 8.89. The van der Waals surface area contributed by atoms with Crippen LogP contribution < -0.4 is 5.32 Å². The molecule has 1 unspecified atom stereocenters. The van der Waals surface area contributed by atoms with Crippen molar-refractivity contribution in [3.63, 3.8) is 0 Å². The Morgan fingerprint density at radius 2 is 2.40 bits per heavy atom. The topological polar surface area (TPSA) is 38.6 Å². The summed E-state index contributed by atoms with van der Waals surface area (Å²) in [4.78, 5) is 5.83. The molecule has 2 rings (SSSR count). The Hall–Kier alpha value is -0.560. The van der Waals surface area contributed by atoms with Gasteiger partial charge in [0.2, 0.25) is 0 Å². The molecule has 0 aliphatic carbocycles. The zero-order chi connectivity index (χ0) is 14.4. The van der Waals surface area contributed by atoms with Gasteiger partial charge in [-0.1, -0.05) is 20.3 Å². The third-order valence-corrected chi connectivity index (χ3v) is 5.39. The predicted molar refractivity (Wildman–Crippen MR) is 86.8 cm³/mol. The maximum absolute atomic E-state index is 5.07. The van der Waals surface area contributed by atoms with Crippen LogP contribution in [0.25, 0.3) is 4.96 Å². The predicted octanol–water partition coefficient (Wildman–Crippen LogP) is 3.27. The highest BCUT2D eigenvalue weighted by atomic mass is 32.2. The second-order valence-corrected chi connectivity index (χ2v) is 6.79. The van der Waals surface area contributed by atoms with Crippen molar-refractivity contribution in [3.8, 4) is 0 Å². The highest BCUT2D eigenvalue weighted by Crippen LogP contribution is 2.27. The van der Waals surface area contributed by atoms with Crippen molar-refractivity contribution >= 4 is 28.1 Å². The highest BCUT2D eigenvalue weighted by molar-refractivity contribution is 7.99. The minimum atomic E-state index is 0.731. The monoisotopic (exact) mass is 313 g/mol. The highest BCUT2D eigenvalue weighted by Gasteiger charge is 2.14. The fraction of sp³-hybridized carbons (Fsp3) is 0.643. The summed E-state index contributed by atoms with van der Waals surface area (Å²) in [5, 5.41) is 6.67. The normalized spacial score (nSPS) is 13.2. The third-order valence-electron chi connectivity index (χ3n) is 3.30. The lowest BCUT2D eigenvalue weighted by molar-refractivity contribution is 0.199. The van der Waals surface area contributed by atoms with Gasteiger partial charge < -0.3 is 10.1 Å². The van der Waals surface area contributed by atoms with E-state index in [1.165, 1.54) is 17.1 Å². The van der Waals surface area contributed by atoms with Crippen molar-refractivity contribution in [1.82, 2.24) is 14.7 Å². The van der Waals surface area contributed by atoms with Gasteiger partial charge in [-0.05, 0) is 5.92 Å². The summed E-state index contributed by atoms with van der Waals surface area (Å²) in [6.07, 6.45) is 3.32. The van der Waals surface area contributed by atoms with Gasteiger partial charge in [-0.3, -0.25) is 4.40 Å². The summed E-state index contributed by atoms with van der Waals surface area (Å²) in [6.45, 7) is 6.97. The van der Waals surface area contributed by atoms with Gasteiger partial charge in [-0.2, -0.15) is 0 Å². The Morgan fingerprint density at radius 1 is 1.55 bits per heavy atom. The number of imidazole rings is 1. The van der Waals surface area contributed by atoms with Gasteiger partial charge in [0.05, 0.1) is 12.3 Å². The number of nitrogens with zero attached hydrogens (tertiary/aromatic N) is 2. The lowest BCUT2D eigenvalue weighted by Crippen LogP contribution is -2.19. The first-order valence-electron chi connectivity index (χ1n) is 7.03. The van der Waals surface area contributed by atoms with Gasteiger partial charge >= 0.3 is 0 Å². The van der Waals surface area contributed by atoms with E-state index in [0.29, 0.717) is 0 Å². The summed E-state index contributed by atoms with van der Waals surface area (Å²) in [7, 11) is 1.73. The number of hydrogen-bond acceptors (Lipinski definition) is 5. The average molecular weight is 313 g/mol. The maximum atomic E-state index is 5.07. The molecule has 1 atom stereocenters. The first kappa shape index (κ1) is 15.8. The zero-order valence-electron chi connectivity index (χ0n) is 12.4. The van der Waals surface area contributed by atoms with E-state index in [1.54, 1.807) is 18.4 Å². The van der Waals surface area contributed by atoms with E-state index in [9.17, 15) is 0 Å². The van der Waals surface area contributed by atoms with Gasteiger partial charge in [0, 0.05) is 37.5 Å². The maximum Gasteiger partial charge on any atom is 0.194 e. The van der Waals surface area contributed by atoms with Crippen LogP contribution in [0.4, 0.5) is 0 Å². The molecule has 2 heterocycles. The number of fused-ring (bicyclic) bond motifs is 1. The summed E-state index contributed by atoms with van der Waals surface area (Å²) in [5.41, 5.74) is 1.27. The average Bonchev–Trinajstić information content (AvgIpc) is 3.02. The molecule has 0 aliphatic heterocycles. The van der Waals surface area contributed by atoms with Crippen molar-refractivity contribution in [2.24, 2.45) is 5.92 Å². The molecule has 0 saturated carbocycles.